The predicted molar refractivity (Wildman–Crippen MR) is 84.9 cm³/mol. The van der Waals surface area contributed by atoms with E-state index >= 15 is 0 Å². The molecular formula is C18H18FNO5. The molecule has 0 N–H and O–H groups in total. The average Bonchev–Trinajstić information content (AvgIpc) is 2.86. The quantitative estimate of drug-likeness (QED) is 0.339. The summed E-state index contributed by atoms with van der Waals surface area (Å²) < 4.78 is 23.1. The van der Waals surface area contributed by atoms with E-state index in [-0.39, 0.29) is 49.2 Å². The van der Waals surface area contributed by atoms with Crippen molar-refractivity contribution in [1.29, 1.82) is 0 Å². The number of likely N-dealkylation sites (tertiary alicyclic amines) is 1. The molecule has 2 unspecified atom stereocenters. The third-order valence-corrected chi connectivity index (χ3v) is 4.31. The molecule has 0 radical (unpaired) electrons. The fourth-order valence-electron chi connectivity index (χ4n) is 3.05. The Balaban J connectivity index is 1.42. The number of carbonyl (C=O) groups is 3. The first-order valence-corrected chi connectivity index (χ1v) is 8.10. The Morgan fingerprint density at radius 1 is 1.04 bits per heavy atom. The van der Waals surface area contributed by atoms with Gasteiger partial charge in [0.1, 0.15) is 31.3 Å². The Kier molecular flexibility index (Phi) is 5.11. The lowest BCUT2D eigenvalue weighted by Crippen LogP contribution is -2.37. The summed E-state index contributed by atoms with van der Waals surface area (Å²) in [4.78, 5) is 37.3. The molecule has 3 rings (SSSR count). The van der Waals surface area contributed by atoms with Gasteiger partial charge >= 0.3 is 5.97 Å². The monoisotopic (exact) mass is 347 g/mol. The number of allylic oxidation sites excluding steroid dienone is 2. The summed E-state index contributed by atoms with van der Waals surface area (Å²) in [5.74, 6) is -1.89. The number of halogens is 1. The summed E-state index contributed by atoms with van der Waals surface area (Å²) in [5.41, 5.74) is 0. The van der Waals surface area contributed by atoms with Crippen LogP contribution in [0.15, 0.2) is 36.4 Å². The highest BCUT2D eigenvalue weighted by Gasteiger charge is 2.47. The third kappa shape index (κ3) is 3.87. The van der Waals surface area contributed by atoms with E-state index in [1.54, 1.807) is 0 Å². The molecule has 1 saturated heterocycles. The van der Waals surface area contributed by atoms with E-state index in [9.17, 15) is 18.8 Å². The van der Waals surface area contributed by atoms with Crippen LogP contribution in [0.2, 0.25) is 0 Å². The lowest BCUT2D eigenvalue weighted by Gasteiger charge is -2.14. The van der Waals surface area contributed by atoms with Crippen LogP contribution in [-0.4, -0.2) is 42.4 Å². The highest BCUT2D eigenvalue weighted by Crippen LogP contribution is 2.34. The number of hydrogen-bond donors (Lipinski definition) is 0. The topological polar surface area (TPSA) is 72.9 Å². The van der Waals surface area contributed by atoms with Gasteiger partial charge in [-0.2, -0.15) is 0 Å². The number of nitrogens with zero attached hydrogens (tertiary/aromatic N) is 1. The highest BCUT2D eigenvalue weighted by atomic mass is 19.1. The van der Waals surface area contributed by atoms with Crippen LogP contribution in [-0.2, 0) is 19.1 Å². The minimum Gasteiger partial charge on any atom is -0.490 e. The van der Waals surface area contributed by atoms with Crippen LogP contribution in [0.5, 0.6) is 5.75 Å². The van der Waals surface area contributed by atoms with Crippen molar-refractivity contribution in [2.45, 2.75) is 12.8 Å². The predicted octanol–water partition coefficient (Wildman–Crippen LogP) is 1.70. The number of ether oxygens (including phenoxy) is 2. The van der Waals surface area contributed by atoms with Gasteiger partial charge in [0.2, 0.25) is 11.8 Å². The maximum absolute atomic E-state index is 12.8. The van der Waals surface area contributed by atoms with E-state index in [2.05, 4.69) is 0 Å². The zero-order valence-electron chi connectivity index (χ0n) is 13.5. The molecule has 0 spiro atoms. The van der Waals surface area contributed by atoms with Crippen molar-refractivity contribution in [3.63, 3.8) is 0 Å². The number of hydrogen-bond acceptors (Lipinski definition) is 5. The van der Waals surface area contributed by atoms with E-state index < -0.39 is 5.97 Å². The Morgan fingerprint density at radius 3 is 2.24 bits per heavy atom. The first-order chi connectivity index (χ1) is 12.1. The second kappa shape index (κ2) is 7.46. The van der Waals surface area contributed by atoms with Crippen LogP contribution < -0.4 is 4.74 Å². The van der Waals surface area contributed by atoms with E-state index in [1.165, 1.54) is 24.3 Å². The minimum absolute atomic E-state index is 0.0269. The molecule has 2 aliphatic rings. The molecule has 2 atom stereocenters. The fourth-order valence-corrected chi connectivity index (χ4v) is 3.05. The van der Waals surface area contributed by atoms with Crippen LogP contribution in [0.1, 0.15) is 12.8 Å². The molecule has 0 bridgehead atoms. The molecule has 1 aliphatic carbocycles. The smallest absolute Gasteiger partial charge is 0.326 e. The molecule has 0 saturated carbocycles. The van der Waals surface area contributed by atoms with Crippen LogP contribution in [0, 0.1) is 17.7 Å². The SMILES string of the molecule is O=C(CN1C(=O)C2CC=CCC2C1=O)OCCOc1ccc(F)cc1. The van der Waals surface area contributed by atoms with Crippen molar-refractivity contribution < 1.29 is 28.2 Å². The van der Waals surface area contributed by atoms with Crippen molar-refractivity contribution in [1.82, 2.24) is 4.90 Å². The summed E-state index contributed by atoms with van der Waals surface area (Å²) in [6, 6.07) is 5.46. The largest absolute Gasteiger partial charge is 0.490 e. The number of amides is 2. The van der Waals surface area contributed by atoms with Crippen LogP contribution in [0.4, 0.5) is 4.39 Å². The van der Waals surface area contributed by atoms with Gasteiger partial charge in [-0.1, -0.05) is 12.2 Å². The van der Waals surface area contributed by atoms with Gasteiger partial charge in [0.15, 0.2) is 0 Å². The second-order valence-electron chi connectivity index (χ2n) is 5.94. The Labute approximate surface area is 144 Å². The standard InChI is InChI=1S/C18H18FNO5/c19-12-5-7-13(8-6-12)24-9-10-25-16(21)11-20-17(22)14-3-1-2-4-15(14)18(20)23/h1-2,5-8,14-15H,3-4,9-11H2. The van der Waals surface area contributed by atoms with E-state index in [1.807, 2.05) is 12.2 Å². The van der Waals surface area contributed by atoms with E-state index in [0.717, 1.165) is 4.90 Å². The van der Waals surface area contributed by atoms with Crippen LogP contribution >= 0.6 is 0 Å². The Hall–Kier alpha value is -2.70. The van der Waals surface area contributed by atoms with Crippen molar-refractivity contribution >= 4 is 17.8 Å². The van der Waals surface area contributed by atoms with Gasteiger partial charge in [0, 0.05) is 0 Å². The Morgan fingerprint density at radius 2 is 1.64 bits per heavy atom. The normalized spacial score (nSPS) is 22.0. The summed E-state index contributed by atoms with van der Waals surface area (Å²) in [7, 11) is 0. The van der Waals surface area contributed by atoms with Gasteiger partial charge < -0.3 is 9.47 Å². The summed E-state index contributed by atoms with van der Waals surface area (Å²) >= 11 is 0. The maximum Gasteiger partial charge on any atom is 0.326 e. The fraction of sp³-hybridized carbons (Fsp3) is 0.389. The van der Waals surface area contributed by atoms with Gasteiger partial charge in [-0.15, -0.1) is 0 Å². The van der Waals surface area contributed by atoms with Crippen molar-refractivity contribution in [3.8, 4) is 5.75 Å². The molecule has 6 nitrogen and oxygen atoms in total. The zero-order chi connectivity index (χ0) is 17.8. The molecule has 25 heavy (non-hydrogen) atoms. The van der Waals surface area contributed by atoms with E-state index in [0.29, 0.717) is 18.6 Å². The summed E-state index contributed by atoms with van der Waals surface area (Å²) in [6.07, 6.45) is 4.85. The Bertz CT molecular complexity index is 674. The summed E-state index contributed by atoms with van der Waals surface area (Å²) in [5, 5.41) is 0. The van der Waals surface area contributed by atoms with Crippen molar-refractivity contribution in [3.05, 3.63) is 42.2 Å². The molecule has 1 fully saturated rings. The minimum atomic E-state index is -0.656. The molecule has 1 heterocycles. The first kappa shape index (κ1) is 17.1. The molecule has 1 aromatic rings. The molecule has 1 aliphatic heterocycles. The van der Waals surface area contributed by atoms with Crippen molar-refractivity contribution in [2.75, 3.05) is 19.8 Å². The first-order valence-electron chi connectivity index (χ1n) is 8.10. The van der Waals surface area contributed by atoms with Gasteiger partial charge in [-0.25, -0.2) is 4.39 Å². The molecule has 1 aromatic carbocycles. The number of esters is 1. The number of imide groups is 1. The molecule has 132 valence electrons. The molecular weight excluding hydrogens is 329 g/mol. The number of benzene rings is 1. The van der Waals surface area contributed by atoms with E-state index in [4.69, 9.17) is 9.47 Å². The lowest BCUT2D eigenvalue weighted by atomic mass is 9.85. The third-order valence-electron chi connectivity index (χ3n) is 4.31. The number of carbonyl (C=O) groups excluding carboxylic acids is 3. The number of fused-ring (bicyclic) bond motifs is 1. The highest BCUT2D eigenvalue weighted by molar-refractivity contribution is 6.07. The average molecular weight is 347 g/mol. The summed E-state index contributed by atoms with van der Waals surface area (Å²) in [6.45, 7) is -0.309. The second-order valence-corrected chi connectivity index (χ2v) is 5.94. The van der Waals surface area contributed by atoms with Crippen LogP contribution in [0.3, 0.4) is 0 Å². The van der Waals surface area contributed by atoms with Gasteiger partial charge in [-0.3, -0.25) is 19.3 Å². The molecule has 2 amide bonds. The lowest BCUT2D eigenvalue weighted by molar-refractivity contribution is -0.153. The van der Waals surface area contributed by atoms with Gasteiger partial charge in [0.25, 0.3) is 0 Å². The maximum atomic E-state index is 12.8. The van der Waals surface area contributed by atoms with Crippen LogP contribution in [0.25, 0.3) is 0 Å². The van der Waals surface area contributed by atoms with Crippen molar-refractivity contribution in [2.24, 2.45) is 11.8 Å². The van der Waals surface area contributed by atoms with Gasteiger partial charge in [-0.05, 0) is 37.1 Å². The zero-order valence-corrected chi connectivity index (χ0v) is 13.5. The number of rotatable bonds is 6. The van der Waals surface area contributed by atoms with Gasteiger partial charge in [0.05, 0.1) is 11.8 Å². The molecule has 7 heteroatoms. The molecule has 0 aromatic heterocycles.